The van der Waals surface area contributed by atoms with E-state index in [2.05, 4.69) is 13.2 Å². The van der Waals surface area contributed by atoms with Gasteiger partial charge >= 0.3 is 0 Å². The van der Waals surface area contributed by atoms with Crippen LogP contribution in [0.25, 0.3) is 0 Å². The highest BCUT2D eigenvalue weighted by Crippen LogP contribution is 2.15. The third-order valence-corrected chi connectivity index (χ3v) is 1.41. The Labute approximate surface area is 60.2 Å². The second-order valence-electron chi connectivity index (χ2n) is 2.31. The van der Waals surface area contributed by atoms with Gasteiger partial charge in [0.2, 0.25) is 5.54 Å². The Hall–Kier alpha value is -1.12. The minimum Gasteiger partial charge on any atom is -0.264 e. The molecule has 0 fully saturated rings. The smallest absolute Gasteiger partial charge is 0.240 e. The Balaban J connectivity index is 4.36. The largest absolute Gasteiger partial charge is 0.264 e. The van der Waals surface area contributed by atoms with Crippen molar-refractivity contribution < 1.29 is 4.92 Å². The fourth-order valence-electron chi connectivity index (χ4n) is 0.525. The van der Waals surface area contributed by atoms with Gasteiger partial charge < -0.3 is 0 Å². The third kappa shape index (κ3) is 1.69. The Morgan fingerprint density at radius 3 is 2.30 bits per heavy atom. The lowest BCUT2D eigenvalue weighted by molar-refractivity contribution is -0.549. The molecule has 0 N–H and O–H groups in total. The van der Waals surface area contributed by atoms with Crippen LogP contribution in [0.15, 0.2) is 25.3 Å². The molecule has 1 atom stereocenters. The zero-order valence-electron chi connectivity index (χ0n) is 6.04. The lowest BCUT2D eigenvalue weighted by Crippen LogP contribution is -2.31. The van der Waals surface area contributed by atoms with E-state index in [4.69, 9.17) is 0 Å². The number of nitro groups is 1. The average molecular weight is 141 g/mol. The second-order valence-corrected chi connectivity index (χ2v) is 2.31. The summed E-state index contributed by atoms with van der Waals surface area (Å²) in [7, 11) is 0. The molecule has 0 bridgehead atoms. The molecular formula is C7H11NO2. The van der Waals surface area contributed by atoms with E-state index in [-0.39, 0.29) is 4.92 Å². The Morgan fingerprint density at radius 2 is 2.20 bits per heavy atom. The highest BCUT2D eigenvalue weighted by molar-refractivity contribution is 4.96. The molecule has 10 heavy (non-hydrogen) atoms. The SMILES string of the molecule is C=CCC(C)(C=C)[N+](=O)[O-]. The lowest BCUT2D eigenvalue weighted by atomic mass is 10.00. The van der Waals surface area contributed by atoms with E-state index in [0.717, 1.165) is 0 Å². The molecule has 1 unspecified atom stereocenters. The van der Waals surface area contributed by atoms with E-state index in [1.165, 1.54) is 19.1 Å². The fourth-order valence-corrected chi connectivity index (χ4v) is 0.525. The average Bonchev–Trinajstić information content (AvgIpc) is 1.88. The van der Waals surface area contributed by atoms with Crippen molar-refractivity contribution in [2.45, 2.75) is 18.9 Å². The molecule has 0 saturated heterocycles. The molecule has 0 radical (unpaired) electrons. The van der Waals surface area contributed by atoms with Crippen molar-refractivity contribution in [2.24, 2.45) is 0 Å². The van der Waals surface area contributed by atoms with Gasteiger partial charge in [0.15, 0.2) is 0 Å². The van der Waals surface area contributed by atoms with Gasteiger partial charge in [0.25, 0.3) is 0 Å². The molecule has 0 heterocycles. The summed E-state index contributed by atoms with van der Waals surface area (Å²) in [4.78, 5) is 9.97. The first-order chi connectivity index (χ1) is 4.56. The molecule has 0 aromatic rings. The summed E-state index contributed by atoms with van der Waals surface area (Å²) in [6.45, 7) is 8.32. The second kappa shape index (κ2) is 3.15. The van der Waals surface area contributed by atoms with Crippen molar-refractivity contribution in [1.82, 2.24) is 0 Å². The van der Waals surface area contributed by atoms with E-state index in [1.54, 1.807) is 0 Å². The van der Waals surface area contributed by atoms with Crippen molar-refractivity contribution in [2.75, 3.05) is 0 Å². The van der Waals surface area contributed by atoms with Crippen LogP contribution in [-0.2, 0) is 0 Å². The maximum Gasteiger partial charge on any atom is 0.240 e. The first-order valence-electron chi connectivity index (χ1n) is 2.96. The zero-order valence-corrected chi connectivity index (χ0v) is 6.04. The zero-order chi connectivity index (χ0) is 8.20. The number of hydrogen-bond acceptors (Lipinski definition) is 2. The summed E-state index contributed by atoms with van der Waals surface area (Å²) in [5.41, 5.74) is -1.04. The molecule has 0 spiro atoms. The van der Waals surface area contributed by atoms with E-state index >= 15 is 0 Å². The van der Waals surface area contributed by atoms with E-state index in [0.29, 0.717) is 6.42 Å². The van der Waals surface area contributed by atoms with Crippen molar-refractivity contribution in [1.29, 1.82) is 0 Å². The molecular weight excluding hydrogens is 130 g/mol. The third-order valence-electron chi connectivity index (χ3n) is 1.41. The van der Waals surface area contributed by atoms with Gasteiger partial charge in [0, 0.05) is 18.3 Å². The summed E-state index contributed by atoms with van der Waals surface area (Å²) < 4.78 is 0. The van der Waals surface area contributed by atoms with Crippen LogP contribution in [0.4, 0.5) is 0 Å². The van der Waals surface area contributed by atoms with Crippen LogP contribution in [-0.4, -0.2) is 10.5 Å². The maximum absolute atomic E-state index is 10.3. The van der Waals surface area contributed by atoms with Gasteiger partial charge in [0.1, 0.15) is 0 Å². The minimum atomic E-state index is -1.04. The highest BCUT2D eigenvalue weighted by Gasteiger charge is 2.30. The standard InChI is InChI=1S/C7H11NO2/c1-4-6-7(3,5-2)8(9)10/h4-5H,1-2,6H2,3H3. The van der Waals surface area contributed by atoms with Crippen LogP contribution in [0.5, 0.6) is 0 Å². The molecule has 0 aliphatic carbocycles. The number of nitrogens with zero attached hydrogens (tertiary/aromatic N) is 1. The van der Waals surface area contributed by atoms with E-state index < -0.39 is 5.54 Å². The molecule has 0 saturated carbocycles. The molecule has 0 rings (SSSR count). The predicted molar refractivity (Wildman–Crippen MR) is 40.4 cm³/mol. The van der Waals surface area contributed by atoms with Crippen LogP contribution < -0.4 is 0 Å². The van der Waals surface area contributed by atoms with Gasteiger partial charge in [-0.2, -0.15) is 0 Å². The van der Waals surface area contributed by atoms with Gasteiger partial charge in [-0.15, -0.1) is 6.58 Å². The molecule has 0 aliphatic rings. The van der Waals surface area contributed by atoms with Gasteiger partial charge in [-0.25, -0.2) is 0 Å². The van der Waals surface area contributed by atoms with Gasteiger partial charge in [-0.3, -0.25) is 10.1 Å². The van der Waals surface area contributed by atoms with Gasteiger partial charge in [0.05, 0.1) is 0 Å². The van der Waals surface area contributed by atoms with E-state index in [1.807, 2.05) is 0 Å². The van der Waals surface area contributed by atoms with Crippen LogP contribution >= 0.6 is 0 Å². The predicted octanol–water partition coefficient (Wildman–Crippen LogP) is 1.78. The molecule has 0 aromatic heterocycles. The molecule has 56 valence electrons. The lowest BCUT2D eigenvalue weighted by Gasteiger charge is -2.12. The summed E-state index contributed by atoms with van der Waals surface area (Å²) in [5.74, 6) is 0. The fraction of sp³-hybridized carbons (Fsp3) is 0.429. The Kier molecular flexibility index (Phi) is 2.80. The van der Waals surface area contributed by atoms with Crippen molar-refractivity contribution in [3.8, 4) is 0 Å². The molecule has 0 aromatic carbocycles. The molecule has 0 amide bonds. The summed E-state index contributed by atoms with van der Waals surface area (Å²) >= 11 is 0. The monoisotopic (exact) mass is 141 g/mol. The minimum absolute atomic E-state index is 0.323. The Bertz CT molecular complexity index is 165. The molecule has 0 aliphatic heterocycles. The van der Waals surface area contributed by atoms with Crippen molar-refractivity contribution in [3.63, 3.8) is 0 Å². The first kappa shape index (κ1) is 8.88. The molecule has 3 heteroatoms. The summed E-state index contributed by atoms with van der Waals surface area (Å²) in [6.07, 6.45) is 3.17. The van der Waals surface area contributed by atoms with Gasteiger partial charge in [-0.05, 0) is 6.08 Å². The van der Waals surface area contributed by atoms with Crippen molar-refractivity contribution >= 4 is 0 Å². The number of rotatable bonds is 4. The highest BCUT2D eigenvalue weighted by atomic mass is 16.6. The van der Waals surface area contributed by atoms with Crippen LogP contribution in [0.3, 0.4) is 0 Å². The normalized spacial score (nSPS) is 15.3. The summed E-state index contributed by atoms with van der Waals surface area (Å²) in [5, 5.41) is 10.3. The Morgan fingerprint density at radius 1 is 1.70 bits per heavy atom. The van der Waals surface area contributed by atoms with Crippen LogP contribution in [0.1, 0.15) is 13.3 Å². The quantitative estimate of drug-likeness (QED) is 0.340. The summed E-state index contributed by atoms with van der Waals surface area (Å²) in [6, 6.07) is 0. The molecule has 3 nitrogen and oxygen atoms in total. The van der Waals surface area contributed by atoms with Crippen LogP contribution in [0, 0.1) is 10.1 Å². The van der Waals surface area contributed by atoms with E-state index in [9.17, 15) is 10.1 Å². The van der Waals surface area contributed by atoms with Gasteiger partial charge in [-0.1, -0.05) is 12.7 Å². The topological polar surface area (TPSA) is 43.1 Å². The first-order valence-corrected chi connectivity index (χ1v) is 2.96. The van der Waals surface area contributed by atoms with Crippen LogP contribution in [0.2, 0.25) is 0 Å². The maximum atomic E-state index is 10.3. The number of hydrogen-bond donors (Lipinski definition) is 0. The van der Waals surface area contributed by atoms with Crippen molar-refractivity contribution in [3.05, 3.63) is 35.4 Å².